The fraction of sp³-hybridized carbons (Fsp3) is 0.622. The van der Waals surface area contributed by atoms with E-state index in [-0.39, 0.29) is 48.2 Å². The average molecular weight is 731 g/mol. The third kappa shape index (κ3) is 8.05. The first-order chi connectivity index (χ1) is 23.1. The van der Waals surface area contributed by atoms with Gasteiger partial charge in [-0.1, -0.05) is 84.6 Å². The summed E-state index contributed by atoms with van der Waals surface area (Å²) in [6.45, 7) is 12.5. The van der Waals surface area contributed by atoms with Crippen LogP contribution in [-0.4, -0.2) is 93.5 Å². The van der Waals surface area contributed by atoms with Gasteiger partial charge >= 0.3 is 5.97 Å². The van der Waals surface area contributed by atoms with E-state index in [2.05, 4.69) is 41.3 Å². The van der Waals surface area contributed by atoms with Gasteiger partial charge in [0.2, 0.25) is 17.7 Å². The van der Waals surface area contributed by atoms with E-state index in [1.165, 1.54) is 0 Å². The fourth-order valence-electron chi connectivity index (χ4n) is 7.67. The number of amides is 3. The lowest BCUT2D eigenvalue weighted by Crippen LogP contribution is -2.58. The molecule has 48 heavy (non-hydrogen) atoms. The molecule has 2 N–H and O–H groups in total. The van der Waals surface area contributed by atoms with Crippen LogP contribution in [0.2, 0.25) is 0 Å². The Hall–Kier alpha value is -3.02. The van der Waals surface area contributed by atoms with Crippen LogP contribution in [0.25, 0.3) is 0 Å². The maximum Gasteiger partial charge on any atom is 0.313 e. The maximum atomic E-state index is 14.6. The number of nitrogens with zero attached hydrogens (tertiary/aromatic N) is 2. The van der Waals surface area contributed by atoms with Crippen LogP contribution < -0.4 is 5.32 Å². The predicted octanol–water partition coefficient (Wildman–Crippen LogP) is 4.86. The smallest absolute Gasteiger partial charge is 0.313 e. The largest absolute Gasteiger partial charge is 0.455 e. The van der Waals surface area contributed by atoms with E-state index < -0.39 is 41.7 Å². The summed E-state index contributed by atoms with van der Waals surface area (Å²) in [5, 5.41) is 12.1. The molecule has 3 saturated heterocycles. The van der Waals surface area contributed by atoms with Crippen molar-refractivity contribution in [3.8, 4) is 0 Å². The molecule has 2 bridgehead atoms. The molecule has 3 fully saturated rings. The summed E-state index contributed by atoms with van der Waals surface area (Å²) in [6.07, 6.45) is 7.74. The molecule has 1 aromatic carbocycles. The van der Waals surface area contributed by atoms with E-state index in [9.17, 15) is 24.3 Å². The van der Waals surface area contributed by atoms with E-state index in [0.717, 1.165) is 25.7 Å². The Bertz CT molecular complexity index is 1290. The molecular weight excluding hydrogens is 678 g/mol. The van der Waals surface area contributed by atoms with Gasteiger partial charge in [0.1, 0.15) is 17.7 Å². The van der Waals surface area contributed by atoms with E-state index in [1.54, 1.807) is 22.0 Å². The van der Waals surface area contributed by atoms with Crippen molar-refractivity contribution in [2.45, 2.75) is 106 Å². The van der Waals surface area contributed by atoms with Gasteiger partial charge in [-0.25, -0.2) is 0 Å². The van der Waals surface area contributed by atoms with Gasteiger partial charge in [0.05, 0.1) is 24.5 Å². The summed E-state index contributed by atoms with van der Waals surface area (Å²) < 4.78 is 12.9. The standard InChI is InChI=1S/C37H52BrN3O7/c1-5-8-19-29(43)39-24-28(26-17-12-11-13-18-26)47-36(46)30-31-34(44)41(21-14-9-10-15-22-42)33(37(31)23-27(38)32(30)48-37)35(45)40(20-7-3)25(4)16-6-2/h5,7,11-13,17-18,25,27-28,30-33,42H,1,3,6,8-10,14-16,19-24H2,2,4H3,(H,39,43)/t25?,27?,28-,30+,31-,32+,33+,37-/m0/s1. The molecule has 0 saturated carbocycles. The zero-order valence-corrected chi connectivity index (χ0v) is 29.9. The third-order valence-electron chi connectivity index (χ3n) is 9.94. The Morgan fingerprint density at radius 3 is 2.58 bits per heavy atom. The first-order valence-corrected chi connectivity index (χ1v) is 18.3. The number of fused-ring (bicyclic) bond motifs is 1. The Balaban J connectivity index is 1.66. The zero-order chi connectivity index (χ0) is 34.8. The fourth-order valence-corrected chi connectivity index (χ4v) is 8.61. The van der Waals surface area contributed by atoms with Crippen LogP contribution in [0.4, 0.5) is 0 Å². The highest BCUT2D eigenvalue weighted by molar-refractivity contribution is 9.09. The summed E-state index contributed by atoms with van der Waals surface area (Å²) in [4.78, 5) is 59.0. The van der Waals surface area contributed by atoms with Crippen LogP contribution in [0.3, 0.4) is 0 Å². The monoisotopic (exact) mass is 729 g/mol. The minimum Gasteiger partial charge on any atom is -0.455 e. The number of esters is 1. The predicted molar refractivity (Wildman–Crippen MR) is 187 cm³/mol. The molecule has 10 nitrogen and oxygen atoms in total. The molecule has 1 spiro atoms. The number of carbonyl (C=O) groups is 4. The van der Waals surface area contributed by atoms with Crippen molar-refractivity contribution in [3.05, 3.63) is 61.2 Å². The van der Waals surface area contributed by atoms with Crippen LogP contribution >= 0.6 is 15.9 Å². The number of hydrogen-bond donors (Lipinski definition) is 2. The number of nitrogens with one attached hydrogen (secondary N) is 1. The molecule has 1 aromatic rings. The Morgan fingerprint density at radius 1 is 1.19 bits per heavy atom. The van der Waals surface area contributed by atoms with E-state index in [0.29, 0.717) is 44.3 Å². The van der Waals surface area contributed by atoms with Crippen molar-refractivity contribution in [1.29, 1.82) is 0 Å². The number of carbonyl (C=O) groups excluding carboxylic acids is 4. The van der Waals surface area contributed by atoms with E-state index >= 15 is 0 Å². The molecule has 4 rings (SSSR count). The number of rotatable bonds is 20. The number of alkyl halides is 1. The molecule has 8 atom stereocenters. The number of ether oxygens (including phenoxy) is 2. The van der Waals surface area contributed by atoms with E-state index in [4.69, 9.17) is 9.47 Å². The van der Waals surface area contributed by atoms with Crippen LogP contribution in [0.15, 0.2) is 55.6 Å². The number of hydrogen-bond acceptors (Lipinski definition) is 7. The zero-order valence-electron chi connectivity index (χ0n) is 28.4. The van der Waals surface area contributed by atoms with Crippen molar-refractivity contribution in [3.63, 3.8) is 0 Å². The summed E-state index contributed by atoms with van der Waals surface area (Å²) in [5.41, 5.74) is -0.488. The van der Waals surface area contributed by atoms with Gasteiger partial charge in [-0.2, -0.15) is 0 Å². The molecule has 11 heteroatoms. The van der Waals surface area contributed by atoms with Crippen molar-refractivity contribution in [2.24, 2.45) is 11.8 Å². The van der Waals surface area contributed by atoms with Crippen molar-refractivity contribution < 1.29 is 33.8 Å². The van der Waals surface area contributed by atoms with Gasteiger partial charge in [-0.05, 0) is 44.6 Å². The molecule has 3 aliphatic rings. The second-order valence-electron chi connectivity index (χ2n) is 13.2. The van der Waals surface area contributed by atoms with Gasteiger partial charge < -0.3 is 29.7 Å². The number of benzene rings is 1. The average Bonchev–Trinajstić information content (AvgIpc) is 3.67. The maximum absolute atomic E-state index is 14.6. The van der Waals surface area contributed by atoms with Crippen LogP contribution in [0.5, 0.6) is 0 Å². The van der Waals surface area contributed by atoms with Crippen molar-refractivity contribution in [2.75, 3.05) is 26.2 Å². The molecule has 0 aromatic heterocycles. The molecule has 3 aliphatic heterocycles. The first kappa shape index (κ1) is 37.8. The number of allylic oxidation sites excluding steroid dienone is 1. The summed E-state index contributed by atoms with van der Waals surface area (Å²) in [6, 6.07) is 8.22. The van der Waals surface area contributed by atoms with Crippen molar-refractivity contribution in [1.82, 2.24) is 15.1 Å². The number of aliphatic hydroxyl groups is 1. The second kappa shape index (κ2) is 17.6. The Morgan fingerprint density at radius 2 is 1.92 bits per heavy atom. The lowest BCUT2D eigenvalue weighted by molar-refractivity contribution is -0.160. The second-order valence-corrected chi connectivity index (χ2v) is 14.4. The minimum atomic E-state index is -1.20. The van der Waals surface area contributed by atoms with Crippen LogP contribution in [0, 0.1) is 11.8 Å². The highest BCUT2D eigenvalue weighted by atomic mass is 79.9. The summed E-state index contributed by atoms with van der Waals surface area (Å²) in [7, 11) is 0. The van der Waals surface area contributed by atoms with Crippen LogP contribution in [-0.2, 0) is 28.7 Å². The van der Waals surface area contributed by atoms with Gasteiger partial charge in [-0.3, -0.25) is 19.2 Å². The minimum absolute atomic E-state index is 0.0678. The Kier molecular flexibility index (Phi) is 13.8. The highest BCUT2D eigenvalue weighted by Gasteiger charge is 2.77. The molecule has 3 amide bonds. The number of halogens is 1. The first-order valence-electron chi connectivity index (χ1n) is 17.4. The summed E-state index contributed by atoms with van der Waals surface area (Å²) >= 11 is 3.75. The summed E-state index contributed by atoms with van der Waals surface area (Å²) in [5.74, 6) is -3.06. The lowest BCUT2D eigenvalue weighted by atomic mass is 9.70. The van der Waals surface area contributed by atoms with Gasteiger partial charge in [0.15, 0.2) is 0 Å². The topological polar surface area (TPSA) is 125 Å². The normalized spacial score (nSPS) is 26.9. The molecule has 264 valence electrons. The molecular formula is C37H52BrN3O7. The number of likely N-dealkylation sites (tertiary alicyclic amines) is 1. The lowest BCUT2D eigenvalue weighted by Gasteiger charge is -2.39. The molecule has 0 radical (unpaired) electrons. The third-order valence-corrected chi connectivity index (χ3v) is 10.8. The molecule has 0 aliphatic carbocycles. The van der Waals surface area contributed by atoms with Gasteiger partial charge in [-0.15, -0.1) is 13.2 Å². The number of aliphatic hydroxyl groups excluding tert-OH is 1. The van der Waals surface area contributed by atoms with E-state index in [1.807, 2.05) is 37.3 Å². The van der Waals surface area contributed by atoms with Crippen LogP contribution in [0.1, 0.15) is 83.3 Å². The Labute approximate surface area is 293 Å². The van der Waals surface area contributed by atoms with Gasteiger partial charge in [0.25, 0.3) is 0 Å². The van der Waals surface area contributed by atoms with Crippen molar-refractivity contribution >= 4 is 39.6 Å². The van der Waals surface area contributed by atoms with Gasteiger partial charge in [0, 0.05) is 37.0 Å². The number of unbranched alkanes of at least 4 members (excludes halogenated alkanes) is 3. The molecule has 2 unspecified atom stereocenters. The highest BCUT2D eigenvalue weighted by Crippen LogP contribution is 2.60. The quantitative estimate of drug-likeness (QED) is 0.0851. The SMILES string of the molecule is C=CCCC(=O)NC[C@H](OC(=O)[C@H]1[C@@H]2O[C@@]3(CC2Br)[C@@H]1C(=O)N(CCCCCCO)[C@@H]3C(=O)N(CC=C)C(C)CCC)c1ccccc1. The molecule has 3 heterocycles.